The molecule has 0 unspecified atom stereocenters. The molecular weight excluding hydrogens is 259 g/mol. The fraction of sp³-hybridized carbons (Fsp3) is 0.200. The van der Waals surface area contributed by atoms with Crippen molar-refractivity contribution in [2.75, 3.05) is 0 Å². The zero-order valence-electron chi connectivity index (χ0n) is 10.9. The Morgan fingerprint density at radius 3 is 2.05 bits per heavy atom. The van der Waals surface area contributed by atoms with Gasteiger partial charge in [-0.25, -0.2) is 0 Å². The average Bonchev–Trinajstić information content (AvgIpc) is 2.36. The zero-order chi connectivity index (χ0) is 14.3. The molecule has 0 amide bonds. The Morgan fingerprint density at radius 2 is 1.53 bits per heavy atom. The van der Waals surface area contributed by atoms with Gasteiger partial charge in [0.15, 0.2) is 0 Å². The molecule has 0 saturated heterocycles. The Balaban J connectivity index is 3.33. The fourth-order valence-electron chi connectivity index (χ4n) is 2.01. The first-order valence-electron chi connectivity index (χ1n) is 5.96. The lowest BCUT2D eigenvalue weighted by molar-refractivity contribution is 0.373. The van der Waals surface area contributed by atoms with E-state index in [9.17, 15) is 0 Å². The summed E-state index contributed by atoms with van der Waals surface area (Å²) in [7, 11) is -2.42. The Bertz CT molecular complexity index is 467. The number of hydrogen-bond acceptors (Lipinski definition) is 3. The van der Waals surface area contributed by atoms with Gasteiger partial charge in [0.25, 0.3) is 0 Å². The van der Waals surface area contributed by atoms with Crippen molar-refractivity contribution in [3.05, 3.63) is 66.8 Å². The van der Waals surface area contributed by atoms with Crippen LogP contribution in [-0.4, -0.2) is 9.79 Å². The van der Waals surface area contributed by atoms with Crippen molar-refractivity contribution < 1.29 is 14.3 Å². The molecule has 3 nitrogen and oxygen atoms in total. The molecule has 0 aliphatic heterocycles. The van der Waals surface area contributed by atoms with Crippen molar-refractivity contribution in [1.29, 1.82) is 0 Å². The third-order valence-electron chi connectivity index (χ3n) is 2.73. The highest BCUT2D eigenvalue weighted by atomic mass is 31.2. The monoisotopic (exact) mass is 278 g/mol. The second-order valence-electron chi connectivity index (χ2n) is 4.00. The van der Waals surface area contributed by atoms with Crippen molar-refractivity contribution in [3.8, 4) is 5.75 Å². The minimum Gasteiger partial charge on any atom is -0.427 e. The van der Waals surface area contributed by atoms with Crippen molar-refractivity contribution in [2.24, 2.45) is 0 Å². The average molecular weight is 278 g/mol. The second-order valence-corrected chi connectivity index (χ2v) is 4.69. The van der Waals surface area contributed by atoms with Crippen molar-refractivity contribution in [3.63, 3.8) is 0 Å². The SMILES string of the molecule is C=CCc1ccc(OP(O)O)c(CC=C)c1CC=C. The third kappa shape index (κ3) is 4.32. The van der Waals surface area contributed by atoms with Gasteiger partial charge in [-0.05, 0) is 36.5 Å². The van der Waals surface area contributed by atoms with E-state index in [0.717, 1.165) is 23.1 Å². The maximum Gasteiger partial charge on any atom is 0.391 e. The topological polar surface area (TPSA) is 49.7 Å². The van der Waals surface area contributed by atoms with Gasteiger partial charge in [-0.15, -0.1) is 19.7 Å². The molecule has 1 aromatic rings. The molecule has 0 radical (unpaired) electrons. The molecule has 0 spiro atoms. The first kappa shape index (κ1) is 15.6. The smallest absolute Gasteiger partial charge is 0.391 e. The molecule has 1 rings (SSSR count). The molecule has 19 heavy (non-hydrogen) atoms. The van der Waals surface area contributed by atoms with Crippen LogP contribution in [0.4, 0.5) is 0 Å². The minimum atomic E-state index is -2.42. The highest BCUT2D eigenvalue weighted by Crippen LogP contribution is 2.35. The van der Waals surface area contributed by atoms with Gasteiger partial charge in [-0.1, -0.05) is 24.3 Å². The first-order valence-corrected chi connectivity index (χ1v) is 7.12. The van der Waals surface area contributed by atoms with Gasteiger partial charge in [0.1, 0.15) is 5.75 Å². The molecule has 0 aromatic heterocycles. The molecule has 0 heterocycles. The summed E-state index contributed by atoms with van der Waals surface area (Å²) < 4.78 is 5.09. The van der Waals surface area contributed by atoms with Crippen LogP contribution in [0, 0.1) is 0 Å². The van der Waals surface area contributed by atoms with Gasteiger partial charge in [0.05, 0.1) is 0 Å². The maximum atomic E-state index is 9.03. The van der Waals surface area contributed by atoms with Crippen molar-refractivity contribution in [2.45, 2.75) is 19.3 Å². The molecule has 1 aromatic carbocycles. The van der Waals surface area contributed by atoms with Gasteiger partial charge in [-0.2, -0.15) is 0 Å². The number of rotatable bonds is 8. The number of allylic oxidation sites excluding steroid dienone is 3. The summed E-state index contributed by atoms with van der Waals surface area (Å²) in [6.07, 6.45) is 7.47. The van der Waals surface area contributed by atoms with Crippen LogP contribution in [0.25, 0.3) is 0 Å². The minimum absolute atomic E-state index is 0.487. The van der Waals surface area contributed by atoms with Gasteiger partial charge in [-0.3, -0.25) is 0 Å². The maximum absolute atomic E-state index is 9.03. The standard InChI is InChI=1S/C15H19O3P/c1-4-7-12-10-11-15(18-19(16)17)14(9-6-3)13(12)8-5-2/h4-6,10-11,16-17H,1-3,7-9H2. The van der Waals surface area contributed by atoms with Crippen LogP contribution < -0.4 is 4.52 Å². The van der Waals surface area contributed by atoms with Crippen LogP contribution in [0.1, 0.15) is 16.7 Å². The highest BCUT2D eigenvalue weighted by molar-refractivity contribution is 7.39. The lowest BCUT2D eigenvalue weighted by Gasteiger charge is -2.17. The first-order chi connectivity index (χ1) is 9.13. The van der Waals surface area contributed by atoms with E-state index in [4.69, 9.17) is 14.3 Å². The zero-order valence-corrected chi connectivity index (χ0v) is 11.8. The molecule has 0 atom stereocenters. The van der Waals surface area contributed by atoms with Gasteiger partial charge in [0, 0.05) is 5.56 Å². The molecule has 102 valence electrons. The van der Waals surface area contributed by atoms with Crippen LogP contribution in [0.2, 0.25) is 0 Å². The summed E-state index contributed by atoms with van der Waals surface area (Å²) in [6, 6.07) is 3.67. The Morgan fingerprint density at radius 1 is 0.947 bits per heavy atom. The molecule has 2 N–H and O–H groups in total. The van der Waals surface area contributed by atoms with Crippen molar-refractivity contribution >= 4 is 8.60 Å². The van der Waals surface area contributed by atoms with E-state index in [1.807, 2.05) is 18.2 Å². The Labute approximate surface area is 115 Å². The van der Waals surface area contributed by atoms with E-state index in [-0.39, 0.29) is 0 Å². The molecular formula is C15H19O3P. The summed E-state index contributed by atoms with van der Waals surface area (Å²) in [5, 5.41) is 0. The normalized spacial score (nSPS) is 10.3. The fourth-order valence-corrected chi connectivity index (χ4v) is 2.35. The Hall–Kier alpha value is -1.41. The Kier molecular flexibility index (Phi) is 6.51. The van der Waals surface area contributed by atoms with E-state index in [1.54, 1.807) is 12.1 Å². The summed E-state index contributed by atoms with van der Waals surface area (Å²) in [5.41, 5.74) is 3.15. The predicted octanol–water partition coefficient (Wildman–Crippen LogP) is 3.46. The summed E-state index contributed by atoms with van der Waals surface area (Å²) in [5.74, 6) is 0.487. The molecule has 0 aliphatic carbocycles. The van der Waals surface area contributed by atoms with E-state index in [2.05, 4.69) is 19.7 Å². The van der Waals surface area contributed by atoms with Crippen molar-refractivity contribution in [1.82, 2.24) is 0 Å². The quantitative estimate of drug-likeness (QED) is 0.565. The van der Waals surface area contributed by atoms with Crippen LogP contribution in [-0.2, 0) is 19.3 Å². The van der Waals surface area contributed by atoms with Crippen LogP contribution in [0.5, 0.6) is 5.75 Å². The van der Waals surface area contributed by atoms with Crippen LogP contribution >= 0.6 is 8.60 Å². The second kappa shape index (κ2) is 7.90. The molecule has 0 fully saturated rings. The number of hydrogen-bond donors (Lipinski definition) is 2. The summed E-state index contributed by atoms with van der Waals surface area (Å²) in [4.78, 5) is 18.1. The largest absolute Gasteiger partial charge is 0.427 e. The van der Waals surface area contributed by atoms with E-state index >= 15 is 0 Å². The lowest BCUT2D eigenvalue weighted by Crippen LogP contribution is -2.02. The lowest BCUT2D eigenvalue weighted by atomic mass is 9.93. The molecule has 0 aliphatic rings. The highest BCUT2D eigenvalue weighted by Gasteiger charge is 2.14. The van der Waals surface area contributed by atoms with Gasteiger partial charge in [0.2, 0.25) is 0 Å². The number of benzene rings is 1. The summed E-state index contributed by atoms with van der Waals surface area (Å²) in [6.45, 7) is 11.2. The molecule has 4 heteroatoms. The molecule has 0 bridgehead atoms. The van der Waals surface area contributed by atoms with Gasteiger partial charge < -0.3 is 14.3 Å². The van der Waals surface area contributed by atoms with E-state index in [1.165, 1.54) is 0 Å². The summed E-state index contributed by atoms with van der Waals surface area (Å²) >= 11 is 0. The van der Waals surface area contributed by atoms with E-state index < -0.39 is 8.60 Å². The van der Waals surface area contributed by atoms with Crippen LogP contribution in [0.15, 0.2) is 50.1 Å². The molecule has 0 saturated carbocycles. The van der Waals surface area contributed by atoms with Gasteiger partial charge >= 0.3 is 8.60 Å². The van der Waals surface area contributed by atoms with Crippen LogP contribution in [0.3, 0.4) is 0 Å². The van der Waals surface area contributed by atoms with E-state index in [0.29, 0.717) is 18.6 Å². The third-order valence-corrected chi connectivity index (χ3v) is 3.09. The predicted molar refractivity (Wildman–Crippen MR) is 80.1 cm³/mol.